The van der Waals surface area contributed by atoms with Gasteiger partial charge in [-0.3, -0.25) is 0 Å². The van der Waals surface area contributed by atoms with E-state index in [2.05, 4.69) is 26.1 Å². The lowest BCUT2D eigenvalue weighted by molar-refractivity contribution is 0.193. The van der Waals surface area contributed by atoms with Crippen molar-refractivity contribution in [3.8, 4) is 0 Å². The van der Waals surface area contributed by atoms with E-state index in [0.717, 1.165) is 0 Å². The Kier molecular flexibility index (Phi) is 5.14. The summed E-state index contributed by atoms with van der Waals surface area (Å²) in [6.07, 6.45) is 0.617. The highest BCUT2D eigenvalue weighted by Gasteiger charge is 2.24. The number of rotatable bonds is 6. The van der Waals surface area contributed by atoms with Gasteiger partial charge in [-0.15, -0.1) is 0 Å². The van der Waals surface area contributed by atoms with Crippen molar-refractivity contribution in [3.63, 3.8) is 0 Å². The molecule has 0 fully saturated rings. The molecule has 0 aliphatic rings. The Morgan fingerprint density at radius 1 is 1.42 bits per heavy atom. The minimum Gasteiger partial charge on any atom is -0.447 e. The third-order valence-electron chi connectivity index (χ3n) is 2.90. The summed E-state index contributed by atoms with van der Waals surface area (Å²) in [6, 6.07) is 3.01. The number of nitrogens with two attached hydrogens (primary N) is 1. The molecule has 1 aromatic rings. The first-order chi connectivity index (χ1) is 8.64. The highest BCUT2D eigenvalue weighted by molar-refractivity contribution is 7.89. The second-order valence-electron chi connectivity index (χ2n) is 5.58. The molecule has 0 amide bonds. The van der Waals surface area contributed by atoms with E-state index >= 15 is 0 Å². The molecule has 1 atom stereocenters. The lowest BCUT2D eigenvalue weighted by Crippen LogP contribution is -2.40. The molecule has 1 unspecified atom stereocenters. The van der Waals surface area contributed by atoms with Gasteiger partial charge in [0.25, 0.3) is 10.0 Å². The Morgan fingerprint density at radius 3 is 2.47 bits per heavy atom. The maximum Gasteiger partial charge on any atom is 0.271 e. The number of hydrogen-bond acceptors (Lipinski definition) is 5. The largest absolute Gasteiger partial charge is 0.447 e. The molecule has 110 valence electrons. The minimum atomic E-state index is -3.79. The van der Waals surface area contributed by atoms with Crippen molar-refractivity contribution in [2.45, 2.75) is 44.9 Å². The normalized spacial score (nSPS) is 14.6. The molecule has 0 saturated carbocycles. The minimum absolute atomic E-state index is 0.0158. The van der Waals surface area contributed by atoms with E-state index in [9.17, 15) is 8.42 Å². The van der Waals surface area contributed by atoms with E-state index in [0.29, 0.717) is 18.7 Å². The average molecular weight is 290 g/mol. The predicted molar refractivity (Wildman–Crippen MR) is 71.9 cm³/mol. The van der Waals surface area contributed by atoms with Crippen LogP contribution in [0.25, 0.3) is 0 Å². The SMILES string of the molecule is CC(C)(C)C(CCO)NCc1ccc(S(N)(=O)=O)o1. The molecule has 4 N–H and O–H groups in total. The number of nitrogens with one attached hydrogen (secondary N) is 1. The van der Waals surface area contributed by atoms with Crippen LogP contribution in [0.15, 0.2) is 21.6 Å². The van der Waals surface area contributed by atoms with Gasteiger partial charge in [-0.1, -0.05) is 20.8 Å². The second kappa shape index (κ2) is 6.04. The number of furan rings is 1. The van der Waals surface area contributed by atoms with Gasteiger partial charge in [0.2, 0.25) is 5.09 Å². The first-order valence-corrected chi connectivity index (χ1v) is 7.65. The summed E-state index contributed by atoms with van der Waals surface area (Å²) >= 11 is 0. The van der Waals surface area contributed by atoms with Gasteiger partial charge in [-0.05, 0) is 24.0 Å². The Bertz CT molecular complexity index is 502. The lowest BCUT2D eigenvalue weighted by atomic mass is 9.85. The molecule has 0 aliphatic carbocycles. The van der Waals surface area contributed by atoms with E-state index in [1.54, 1.807) is 6.07 Å². The van der Waals surface area contributed by atoms with Gasteiger partial charge in [0.05, 0.1) is 6.54 Å². The molecule has 7 heteroatoms. The highest BCUT2D eigenvalue weighted by atomic mass is 32.2. The quantitative estimate of drug-likeness (QED) is 0.719. The molecule has 0 bridgehead atoms. The summed E-state index contributed by atoms with van der Waals surface area (Å²) in [5, 5.41) is 17.0. The van der Waals surface area contributed by atoms with Gasteiger partial charge in [0.1, 0.15) is 5.76 Å². The Hall–Kier alpha value is -0.890. The van der Waals surface area contributed by atoms with Crippen LogP contribution in [-0.2, 0) is 16.6 Å². The van der Waals surface area contributed by atoms with Gasteiger partial charge in [-0.25, -0.2) is 13.6 Å². The molecule has 0 aliphatic heterocycles. The maximum absolute atomic E-state index is 11.1. The number of sulfonamides is 1. The summed E-state index contributed by atoms with van der Waals surface area (Å²) in [4.78, 5) is 0. The molecule has 0 spiro atoms. The Labute approximate surface area is 114 Å². The zero-order valence-corrected chi connectivity index (χ0v) is 12.3. The highest BCUT2D eigenvalue weighted by Crippen LogP contribution is 2.22. The average Bonchev–Trinajstić information content (AvgIpc) is 2.70. The molecule has 1 aromatic heterocycles. The topological polar surface area (TPSA) is 106 Å². The molecule has 1 rings (SSSR count). The van der Waals surface area contributed by atoms with Crippen molar-refractivity contribution in [1.82, 2.24) is 5.32 Å². The third-order valence-corrected chi connectivity index (χ3v) is 3.68. The molecule has 0 aromatic carbocycles. The second-order valence-corrected chi connectivity index (χ2v) is 7.07. The monoisotopic (exact) mass is 290 g/mol. The van der Waals surface area contributed by atoms with Crippen LogP contribution in [0, 0.1) is 5.41 Å². The van der Waals surface area contributed by atoms with Crippen LogP contribution in [0.1, 0.15) is 33.0 Å². The van der Waals surface area contributed by atoms with E-state index in [-0.39, 0.29) is 23.2 Å². The Morgan fingerprint density at radius 2 is 2.05 bits per heavy atom. The molecule has 6 nitrogen and oxygen atoms in total. The smallest absolute Gasteiger partial charge is 0.271 e. The molecule has 0 saturated heterocycles. The zero-order valence-electron chi connectivity index (χ0n) is 11.5. The first kappa shape index (κ1) is 16.2. The standard InChI is InChI=1S/C12H22N2O4S/c1-12(2,3)10(6-7-15)14-8-9-4-5-11(18-9)19(13,16)17/h4-5,10,14-15H,6-8H2,1-3H3,(H2,13,16,17). The summed E-state index contributed by atoms with van der Waals surface area (Å²) < 4.78 is 27.3. The number of hydrogen-bond donors (Lipinski definition) is 3. The predicted octanol–water partition coefficient (Wildman–Crippen LogP) is 0.814. The van der Waals surface area contributed by atoms with Crippen LogP contribution in [0.3, 0.4) is 0 Å². The van der Waals surface area contributed by atoms with E-state index < -0.39 is 10.0 Å². The fourth-order valence-electron chi connectivity index (χ4n) is 1.80. The zero-order chi connectivity index (χ0) is 14.7. The molecular formula is C12H22N2O4S. The van der Waals surface area contributed by atoms with Gasteiger partial charge >= 0.3 is 0 Å². The summed E-state index contributed by atoms with van der Waals surface area (Å²) in [5.41, 5.74) is -0.0158. The van der Waals surface area contributed by atoms with E-state index in [4.69, 9.17) is 14.7 Å². The van der Waals surface area contributed by atoms with E-state index in [1.165, 1.54) is 6.07 Å². The first-order valence-electron chi connectivity index (χ1n) is 6.10. The summed E-state index contributed by atoms with van der Waals surface area (Å²) in [6.45, 7) is 6.68. The van der Waals surface area contributed by atoms with Crippen molar-refractivity contribution < 1.29 is 17.9 Å². The van der Waals surface area contributed by atoms with Gasteiger partial charge < -0.3 is 14.8 Å². The van der Waals surface area contributed by atoms with Crippen LogP contribution in [0.5, 0.6) is 0 Å². The lowest BCUT2D eigenvalue weighted by Gasteiger charge is -2.31. The number of aliphatic hydroxyl groups excluding tert-OH is 1. The number of aliphatic hydroxyl groups is 1. The van der Waals surface area contributed by atoms with Crippen molar-refractivity contribution in [2.24, 2.45) is 10.6 Å². The van der Waals surface area contributed by atoms with Crippen LogP contribution in [0.4, 0.5) is 0 Å². The van der Waals surface area contributed by atoms with Crippen LogP contribution in [0.2, 0.25) is 0 Å². The fraction of sp³-hybridized carbons (Fsp3) is 0.667. The van der Waals surface area contributed by atoms with Crippen LogP contribution >= 0.6 is 0 Å². The van der Waals surface area contributed by atoms with Gasteiger partial charge in [0.15, 0.2) is 0 Å². The van der Waals surface area contributed by atoms with Gasteiger partial charge in [0, 0.05) is 12.6 Å². The molecule has 0 radical (unpaired) electrons. The van der Waals surface area contributed by atoms with Crippen molar-refractivity contribution in [2.75, 3.05) is 6.61 Å². The third kappa shape index (κ3) is 4.94. The fourth-order valence-corrected chi connectivity index (χ4v) is 2.28. The molecule has 19 heavy (non-hydrogen) atoms. The van der Waals surface area contributed by atoms with Crippen molar-refractivity contribution >= 4 is 10.0 Å². The number of primary sulfonamides is 1. The Balaban J connectivity index is 2.67. The summed E-state index contributed by atoms with van der Waals surface area (Å²) in [7, 11) is -3.79. The summed E-state index contributed by atoms with van der Waals surface area (Å²) in [5.74, 6) is 0.496. The maximum atomic E-state index is 11.1. The van der Waals surface area contributed by atoms with Gasteiger partial charge in [-0.2, -0.15) is 0 Å². The van der Waals surface area contributed by atoms with Crippen LogP contribution < -0.4 is 10.5 Å². The van der Waals surface area contributed by atoms with Crippen LogP contribution in [-0.4, -0.2) is 26.2 Å². The van der Waals surface area contributed by atoms with Crippen molar-refractivity contribution in [3.05, 3.63) is 17.9 Å². The van der Waals surface area contributed by atoms with E-state index in [1.807, 2.05) is 0 Å². The molecular weight excluding hydrogens is 268 g/mol. The van der Waals surface area contributed by atoms with Crippen molar-refractivity contribution in [1.29, 1.82) is 0 Å². The molecule has 1 heterocycles.